The van der Waals surface area contributed by atoms with Gasteiger partial charge < -0.3 is 4.42 Å². The first kappa shape index (κ1) is 21.0. The standard InChI is InChI=1S/C21H23ClN4O3S/c1-15-3-4-16(2)19(13-15)30(27,28)26-11-9-25(10-12-26)14-20-23-24-21(29-20)17-5-7-18(22)8-6-17/h3-8,13H,9-12,14H2,1-2H3. The smallest absolute Gasteiger partial charge is 0.247 e. The number of aromatic nitrogens is 2. The van der Waals surface area contributed by atoms with Gasteiger partial charge in [0.25, 0.3) is 0 Å². The first-order valence-electron chi connectivity index (χ1n) is 9.71. The van der Waals surface area contributed by atoms with Crippen LogP contribution in [0.2, 0.25) is 5.02 Å². The van der Waals surface area contributed by atoms with Crippen molar-refractivity contribution in [3.8, 4) is 11.5 Å². The Hall–Kier alpha value is -2.26. The van der Waals surface area contributed by atoms with Crippen LogP contribution in [0.15, 0.2) is 51.8 Å². The van der Waals surface area contributed by atoms with Crippen LogP contribution in [0.3, 0.4) is 0 Å². The minimum Gasteiger partial charge on any atom is -0.419 e. The van der Waals surface area contributed by atoms with Gasteiger partial charge in [0, 0.05) is 36.8 Å². The van der Waals surface area contributed by atoms with Crippen LogP contribution in [0.4, 0.5) is 0 Å². The van der Waals surface area contributed by atoms with E-state index in [-0.39, 0.29) is 0 Å². The fourth-order valence-electron chi connectivity index (χ4n) is 3.47. The topological polar surface area (TPSA) is 79.5 Å². The molecule has 9 heteroatoms. The molecular formula is C21H23ClN4O3S. The Balaban J connectivity index is 1.39. The molecule has 1 fully saturated rings. The highest BCUT2D eigenvalue weighted by molar-refractivity contribution is 7.89. The predicted octanol–water partition coefficient (Wildman–Crippen LogP) is 3.51. The Morgan fingerprint density at radius 1 is 1.00 bits per heavy atom. The number of benzene rings is 2. The van der Waals surface area contributed by atoms with E-state index in [4.69, 9.17) is 16.0 Å². The normalized spacial score (nSPS) is 16.1. The van der Waals surface area contributed by atoms with Gasteiger partial charge in [0.15, 0.2) is 0 Å². The minimum atomic E-state index is -3.50. The molecule has 1 saturated heterocycles. The summed E-state index contributed by atoms with van der Waals surface area (Å²) in [7, 11) is -3.50. The number of piperazine rings is 1. The monoisotopic (exact) mass is 446 g/mol. The fourth-order valence-corrected chi connectivity index (χ4v) is 5.33. The van der Waals surface area contributed by atoms with E-state index in [1.807, 2.05) is 38.1 Å². The number of hydrogen-bond donors (Lipinski definition) is 0. The molecule has 0 bridgehead atoms. The third kappa shape index (κ3) is 4.41. The second kappa shape index (κ2) is 8.47. The van der Waals surface area contributed by atoms with Crippen LogP contribution in [-0.2, 0) is 16.6 Å². The number of halogens is 1. The zero-order chi connectivity index (χ0) is 21.3. The molecule has 3 aromatic rings. The Bertz CT molecular complexity index is 1140. The van der Waals surface area contributed by atoms with E-state index in [0.29, 0.717) is 54.4 Å². The summed E-state index contributed by atoms with van der Waals surface area (Å²) >= 11 is 5.91. The van der Waals surface area contributed by atoms with Crippen molar-refractivity contribution >= 4 is 21.6 Å². The molecule has 2 aromatic carbocycles. The summed E-state index contributed by atoms with van der Waals surface area (Å²) in [5, 5.41) is 8.87. The van der Waals surface area contributed by atoms with E-state index >= 15 is 0 Å². The van der Waals surface area contributed by atoms with Crippen molar-refractivity contribution < 1.29 is 12.8 Å². The molecule has 0 spiro atoms. The number of hydrogen-bond acceptors (Lipinski definition) is 6. The van der Waals surface area contributed by atoms with Crippen molar-refractivity contribution in [3.63, 3.8) is 0 Å². The summed E-state index contributed by atoms with van der Waals surface area (Å²) in [6.45, 7) is 6.26. The van der Waals surface area contributed by atoms with Crippen LogP contribution in [0, 0.1) is 13.8 Å². The molecule has 0 unspecified atom stereocenters. The van der Waals surface area contributed by atoms with Gasteiger partial charge in [0.2, 0.25) is 21.8 Å². The van der Waals surface area contributed by atoms with Crippen molar-refractivity contribution in [1.29, 1.82) is 0 Å². The molecule has 158 valence electrons. The summed E-state index contributed by atoms with van der Waals surface area (Å²) in [6.07, 6.45) is 0. The lowest BCUT2D eigenvalue weighted by Gasteiger charge is -2.33. The van der Waals surface area contributed by atoms with Crippen molar-refractivity contribution in [2.75, 3.05) is 26.2 Å². The molecule has 2 heterocycles. The van der Waals surface area contributed by atoms with Crippen molar-refractivity contribution in [3.05, 3.63) is 64.5 Å². The lowest BCUT2D eigenvalue weighted by molar-refractivity contribution is 0.168. The molecule has 0 aliphatic carbocycles. The van der Waals surface area contributed by atoms with Gasteiger partial charge in [-0.2, -0.15) is 4.31 Å². The van der Waals surface area contributed by atoms with Gasteiger partial charge in [-0.3, -0.25) is 4.90 Å². The van der Waals surface area contributed by atoms with E-state index < -0.39 is 10.0 Å². The van der Waals surface area contributed by atoms with Crippen molar-refractivity contribution in [1.82, 2.24) is 19.4 Å². The highest BCUT2D eigenvalue weighted by atomic mass is 35.5. The third-order valence-corrected chi connectivity index (χ3v) is 7.50. The highest BCUT2D eigenvalue weighted by Gasteiger charge is 2.30. The first-order valence-corrected chi connectivity index (χ1v) is 11.5. The maximum atomic E-state index is 13.1. The molecule has 1 aliphatic heterocycles. The molecule has 7 nitrogen and oxygen atoms in total. The number of rotatable bonds is 5. The van der Waals surface area contributed by atoms with Gasteiger partial charge >= 0.3 is 0 Å². The zero-order valence-electron chi connectivity index (χ0n) is 16.9. The number of aryl methyl sites for hydroxylation is 2. The van der Waals surface area contributed by atoms with Crippen LogP contribution in [0.25, 0.3) is 11.5 Å². The molecule has 0 N–H and O–H groups in total. The summed E-state index contributed by atoms with van der Waals surface area (Å²) in [6, 6.07) is 12.7. The summed E-state index contributed by atoms with van der Waals surface area (Å²) in [5.74, 6) is 0.948. The van der Waals surface area contributed by atoms with Crippen LogP contribution in [-0.4, -0.2) is 54.0 Å². The number of nitrogens with zero attached hydrogens (tertiary/aromatic N) is 4. The second-order valence-electron chi connectivity index (χ2n) is 7.46. The fraction of sp³-hybridized carbons (Fsp3) is 0.333. The van der Waals surface area contributed by atoms with Crippen LogP contribution in [0.1, 0.15) is 17.0 Å². The largest absolute Gasteiger partial charge is 0.419 e. The van der Waals surface area contributed by atoms with Gasteiger partial charge in [-0.1, -0.05) is 23.7 Å². The lowest BCUT2D eigenvalue weighted by Crippen LogP contribution is -2.48. The summed E-state index contributed by atoms with van der Waals surface area (Å²) < 4.78 is 33.5. The SMILES string of the molecule is Cc1ccc(C)c(S(=O)(=O)N2CCN(Cc3nnc(-c4ccc(Cl)cc4)o3)CC2)c1. The van der Waals surface area contributed by atoms with E-state index in [2.05, 4.69) is 15.1 Å². The molecule has 0 saturated carbocycles. The molecular weight excluding hydrogens is 424 g/mol. The maximum Gasteiger partial charge on any atom is 0.247 e. The summed E-state index contributed by atoms with van der Waals surface area (Å²) in [4.78, 5) is 2.51. The van der Waals surface area contributed by atoms with Gasteiger partial charge in [-0.25, -0.2) is 8.42 Å². The maximum absolute atomic E-state index is 13.1. The lowest BCUT2D eigenvalue weighted by atomic mass is 10.2. The zero-order valence-corrected chi connectivity index (χ0v) is 18.4. The Morgan fingerprint density at radius 2 is 1.70 bits per heavy atom. The molecule has 30 heavy (non-hydrogen) atoms. The number of sulfonamides is 1. The van der Waals surface area contributed by atoms with E-state index in [1.54, 1.807) is 22.5 Å². The Kier molecular flexibility index (Phi) is 5.92. The highest BCUT2D eigenvalue weighted by Crippen LogP contribution is 2.24. The summed E-state index contributed by atoms with van der Waals surface area (Å²) in [5.41, 5.74) is 2.51. The van der Waals surface area contributed by atoms with Crippen LogP contribution in [0.5, 0.6) is 0 Å². The molecule has 1 aromatic heterocycles. The average Bonchev–Trinajstić information content (AvgIpc) is 3.19. The van der Waals surface area contributed by atoms with Crippen LogP contribution < -0.4 is 0 Å². The van der Waals surface area contributed by atoms with Gasteiger partial charge in [-0.05, 0) is 55.3 Å². The average molecular weight is 447 g/mol. The Morgan fingerprint density at radius 3 is 2.40 bits per heavy atom. The molecule has 0 amide bonds. The van der Waals surface area contributed by atoms with Gasteiger partial charge in [-0.15, -0.1) is 10.2 Å². The van der Waals surface area contributed by atoms with Crippen LogP contribution >= 0.6 is 11.6 Å². The quantitative estimate of drug-likeness (QED) is 0.596. The van der Waals surface area contributed by atoms with E-state index in [0.717, 1.165) is 16.7 Å². The van der Waals surface area contributed by atoms with Gasteiger partial charge in [0.1, 0.15) is 0 Å². The van der Waals surface area contributed by atoms with Crippen molar-refractivity contribution in [2.45, 2.75) is 25.3 Å². The van der Waals surface area contributed by atoms with Crippen molar-refractivity contribution in [2.24, 2.45) is 0 Å². The minimum absolute atomic E-state index is 0.389. The Labute approximate surface area is 181 Å². The molecule has 0 radical (unpaired) electrons. The molecule has 1 aliphatic rings. The van der Waals surface area contributed by atoms with E-state index in [9.17, 15) is 8.42 Å². The molecule has 4 rings (SSSR count). The first-order chi connectivity index (χ1) is 14.3. The van der Waals surface area contributed by atoms with Gasteiger partial charge in [0.05, 0.1) is 11.4 Å². The van der Waals surface area contributed by atoms with E-state index in [1.165, 1.54) is 0 Å². The molecule has 0 atom stereocenters. The predicted molar refractivity (Wildman–Crippen MR) is 115 cm³/mol. The third-order valence-electron chi connectivity index (χ3n) is 5.21. The second-order valence-corrected chi connectivity index (χ2v) is 9.80.